The van der Waals surface area contributed by atoms with Crippen LogP contribution in [-0.2, 0) is 9.59 Å². The van der Waals surface area contributed by atoms with Crippen molar-refractivity contribution in [3.8, 4) is 0 Å². The second-order valence-corrected chi connectivity index (χ2v) is 5.93. The molecule has 1 aliphatic rings. The number of nitrogens with zero attached hydrogens (tertiary/aromatic N) is 1. The number of nitrogens with one attached hydrogen (secondary N) is 2. The van der Waals surface area contributed by atoms with Crippen LogP contribution in [0.3, 0.4) is 0 Å². The van der Waals surface area contributed by atoms with Crippen molar-refractivity contribution in [3.63, 3.8) is 0 Å². The summed E-state index contributed by atoms with van der Waals surface area (Å²) in [5.74, 6) is -3.20. The van der Waals surface area contributed by atoms with Gasteiger partial charge in [-0.25, -0.2) is 4.79 Å². The Labute approximate surface area is 137 Å². The molecule has 0 aliphatic carbocycles. The number of carboxylic acid groups (broad SMARTS) is 1. The number of alkyl halides is 3. The molecule has 10 heteroatoms. The van der Waals surface area contributed by atoms with Crippen LogP contribution in [0.15, 0.2) is 0 Å². The summed E-state index contributed by atoms with van der Waals surface area (Å²) in [5, 5.41) is 13.0. The molecule has 3 N–H and O–H groups in total. The number of carbonyl (C=O) groups is 3. The number of carboxylic acids is 1. The van der Waals surface area contributed by atoms with E-state index in [1.807, 2.05) is 5.32 Å². The van der Waals surface area contributed by atoms with E-state index in [1.165, 1.54) is 4.90 Å². The molecule has 0 bridgehead atoms. The lowest BCUT2D eigenvalue weighted by Gasteiger charge is -2.43. The Kier molecular flexibility index (Phi) is 6.85. The largest absolute Gasteiger partial charge is 0.481 e. The lowest BCUT2D eigenvalue weighted by atomic mass is 9.87. The van der Waals surface area contributed by atoms with Gasteiger partial charge in [-0.05, 0) is 25.7 Å². The summed E-state index contributed by atoms with van der Waals surface area (Å²) in [6.07, 6.45) is -4.35. The molecule has 3 atom stereocenters. The minimum Gasteiger partial charge on any atom is -0.481 e. The Morgan fingerprint density at radius 2 is 1.88 bits per heavy atom. The van der Waals surface area contributed by atoms with Crippen molar-refractivity contribution in [1.82, 2.24) is 15.5 Å². The van der Waals surface area contributed by atoms with Gasteiger partial charge in [-0.15, -0.1) is 0 Å². The molecule has 24 heavy (non-hydrogen) atoms. The van der Waals surface area contributed by atoms with Crippen molar-refractivity contribution in [3.05, 3.63) is 0 Å². The van der Waals surface area contributed by atoms with Crippen LogP contribution in [0.25, 0.3) is 0 Å². The summed E-state index contributed by atoms with van der Waals surface area (Å²) in [5.41, 5.74) is 0. The first-order valence-electron chi connectivity index (χ1n) is 7.68. The average Bonchev–Trinajstić information content (AvgIpc) is 2.46. The van der Waals surface area contributed by atoms with E-state index in [2.05, 4.69) is 5.32 Å². The molecule has 0 aromatic rings. The summed E-state index contributed by atoms with van der Waals surface area (Å²) in [6.45, 7) is 3.81. The van der Waals surface area contributed by atoms with Gasteiger partial charge in [0.2, 0.25) is 0 Å². The molecular weight excluding hydrogens is 331 g/mol. The van der Waals surface area contributed by atoms with Crippen molar-refractivity contribution in [2.45, 2.75) is 51.4 Å². The zero-order chi connectivity index (χ0) is 18.5. The number of carbonyl (C=O) groups excluding carboxylic acids is 2. The Bertz CT molecular complexity index is 484. The van der Waals surface area contributed by atoms with Gasteiger partial charge in [0.15, 0.2) is 0 Å². The van der Waals surface area contributed by atoms with Gasteiger partial charge in [-0.2, -0.15) is 13.2 Å². The average molecular weight is 353 g/mol. The van der Waals surface area contributed by atoms with E-state index in [9.17, 15) is 27.6 Å². The van der Waals surface area contributed by atoms with Gasteiger partial charge in [-0.1, -0.05) is 6.92 Å². The lowest BCUT2D eigenvalue weighted by Crippen LogP contribution is -2.62. The summed E-state index contributed by atoms with van der Waals surface area (Å²) in [6, 6.07) is -1.90. The van der Waals surface area contributed by atoms with E-state index >= 15 is 0 Å². The first kappa shape index (κ1) is 20.0. The van der Waals surface area contributed by atoms with Crippen LogP contribution in [0.4, 0.5) is 18.0 Å². The highest BCUT2D eigenvalue weighted by molar-refractivity contribution is 5.82. The van der Waals surface area contributed by atoms with Gasteiger partial charge < -0.3 is 20.6 Å². The molecule has 0 spiro atoms. The van der Waals surface area contributed by atoms with Crippen LogP contribution in [0.5, 0.6) is 0 Å². The zero-order valence-electron chi connectivity index (χ0n) is 13.5. The van der Waals surface area contributed by atoms with Crippen LogP contribution in [-0.4, -0.2) is 59.3 Å². The predicted molar refractivity (Wildman–Crippen MR) is 78.2 cm³/mol. The van der Waals surface area contributed by atoms with E-state index in [-0.39, 0.29) is 25.3 Å². The number of piperidine rings is 1. The Balaban J connectivity index is 2.62. The van der Waals surface area contributed by atoms with Gasteiger partial charge >= 0.3 is 24.1 Å². The molecule has 138 valence electrons. The number of hydrogen-bond donors (Lipinski definition) is 3. The van der Waals surface area contributed by atoms with Gasteiger partial charge in [0.05, 0.1) is 12.1 Å². The fourth-order valence-corrected chi connectivity index (χ4v) is 2.71. The molecule has 1 fully saturated rings. The maximum Gasteiger partial charge on any atom is 0.471 e. The van der Waals surface area contributed by atoms with Crippen molar-refractivity contribution >= 4 is 17.9 Å². The Morgan fingerprint density at radius 1 is 1.25 bits per heavy atom. The van der Waals surface area contributed by atoms with Crippen LogP contribution < -0.4 is 10.6 Å². The molecule has 1 rings (SSSR count). The van der Waals surface area contributed by atoms with E-state index in [0.717, 1.165) is 0 Å². The molecule has 0 aromatic carbocycles. The minimum atomic E-state index is -4.97. The van der Waals surface area contributed by atoms with E-state index < -0.39 is 36.2 Å². The smallest absolute Gasteiger partial charge is 0.471 e. The first-order valence-corrected chi connectivity index (χ1v) is 7.68. The SMILES string of the molecule is C[C@H]1CCN(C(=O)NCCCC(=O)O)[C@@H](C)[C@H]1NC(=O)C(F)(F)F. The summed E-state index contributed by atoms with van der Waals surface area (Å²) < 4.78 is 37.3. The molecular formula is C14H22F3N3O4. The highest BCUT2D eigenvalue weighted by Gasteiger charge is 2.43. The third-order valence-electron chi connectivity index (χ3n) is 4.11. The number of amides is 3. The van der Waals surface area contributed by atoms with E-state index in [0.29, 0.717) is 13.0 Å². The zero-order valence-corrected chi connectivity index (χ0v) is 13.5. The molecule has 0 radical (unpaired) electrons. The van der Waals surface area contributed by atoms with E-state index in [4.69, 9.17) is 5.11 Å². The summed E-state index contributed by atoms with van der Waals surface area (Å²) >= 11 is 0. The highest BCUT2D eigenvalue weighted by atomic mass is 19.4. The summed E-state index contributed by atoms with van der Waals surface area (Å²) in [4.78, 5) is 35.1. The second-order valence-electron chi connectivity index (χ2n) is 5.93. The van der Waals surface area contributed by atoms with Crippen molar-refractivity contribution in [2.24, 2.45) is 5.92 Å². The highest BCUT2D eigenvalue weighted by Crippen LogP contribution is 2.25. The maximum atomic E-state index is 12.4. The van der Waals surface area contributed by atoms with E-state index in [1.54, 1.807) is 13.8 Å². The van der Waals surface area contributed by atoms with Crippen molar-refractivity contribution in [1.29, 1.82) is 0 Å². The molecule has 0 saturated carbocycles. The molecule has 1 heterocycles. The van der Waals surface area contributed by atoms with Crippen molar-refractivity contribution in [2.75, 3.05) is 13.1 Å². The third-order valence-corrected chi connectivity index (χ3v) is 4.11. The topological polar surface area (TPSA) is 98.7 Å². The van der Waals surface area contributed by atoms with Crippen LogP contribution >= 0.6 is 0 Å². The third kappa shape index (κ3) is 5.57. The van der Waals surface area contributed by atoms with Crippen LogP contribution in [0.1, 0.15) is 33.1 Å². The number of rotatable bonds is 5. The predicted octanol–water partition coefficient (Wildman–Crippen LogP) is 1.34. The number of urea groups is 1. The second kappa shape index (κ2) is 8.20. The van der Waals surface area contributed by atoms with Gasteiger partial charge in [0.1, 0.15) is 0 Å². The normalized spacial score (nSPS) is 24.4. The Hall–Kier alpha value is -2.00. The molecule has 7 nitrogen and oxygen atoms in total. The standard InChI is InChI=1S/C14H22F3N3O4/c1-8-5-7-20(13(24)18-6-3-4-10(21)22)9(2)11(8)19-12(23)14(15,16)17/h8-9,11H,3-7H2,1-2H3,(H,18,24)(H,19,23)(H,21,22)/t8-,9-,11-/m0/s1. The lowest BCUT2D eigenvalue weighted by molar-refractivity contribution is -0.175. The van der Waals surface area contributed by atoms with Gasteiger partial charge in [0.25, 0.3) is 0 Å². The monoisotopic (exact) mass is 353 g/mol. The van der Waals surface area contributed by atoms with Gasteiger partial charge in [-0.3, -0.25) is 9.59 Å². The number of aliphatic carboxylic acids is 1. The Morgan fingerprint density at radius 3 is 2.42 bits per heavy atom. The van der Waals surface area contributed by atoms with Crippen LogP contribution in [0, 0.1) is 5.92 Å². The number of hydrogen-bond acceptors (Lipinski definition) is 3. The van der Waals surface area contributed by atoms with Crippen LogP contribution in [0.2, 0.25) is 0 Å². The quantitative estimate of drug-likeness (QED) is 0.650. The van der Waals surface area contributed by atoms with Gasteiger partial charge in [0, 0.05) is 19.5 Å². The number of likely N-dealkylation sites (tertiary alicyclic amines) is 1. The molecule has 0 unspecified atom stereocenters. The molecule has 1 saturated heterocycles. The number of halogens is 3. The fourth-order valence-electron chi connectivity index (χ4n) is 2.71. The fraction of sp³-hybridized carbons (Fsp3) is 0.786. The maximum absolute atomic E-state index is 12.4. The first-order chi connectivity index (χ1) is 11.0. The molecule has 0 aromatic heterocycles. The summed E-state index contributed by atoms with van der Waals surface area (Å²) in [7, 11) is 0. The minimum absolute atomic E-state index is 0.0862. The molecule has 3 amide bonds. The van der Waals surface area contributed by atoms with Crippen molar-refractivity contribution < 1.29 is 32.7 Å². The molecule has 1 aliphatic heterocycles.